The molecule has 1 heteroatoms. The van der Waals surface area contributed by atoms with Crippen molar-refractivity contribution in [1.82, 2.24) is 0 Å². The monoisotopic (exact) mass is 137 g/mol. The van der Waals surface area contributed by atoms with Crippen LogP contribution in [0.1, 0.15) is 25.7 Å². The van der Waals surface area contributed by atoms with Gasteiger partial charge >= 0.3 is 0 Å². The fraction of sp³-hybridized carbons (Fsp3) is 0.889. The van der Waals surface area contributed by atoms with Crippen molar-refractivity contribution in [3.05, 3.63) is 6.42 Å². The Labute approximate surface area is 61.8 Å². The van der Waals surface area contributed by atoms with Crippen LogP contribution in [0.15, 0.2) is 0 Å². The number of ether oxygens (including phenoxy) is 1. The highest BCUT2D eigenvalue weighted by Crippen LogP contribution is 2.49. The molecule has 10 heavy (non-hydrogen) atoms. The summed E-state index contributed by atoms with van der Waals surface area (Å²) in [4.78, 5) is 0. The van der Waals surface area contributed by atoms with Crippen molar-refractivity contribution >= 4 is 0 Å². The van der Waals surface area contributed by atoms with Gasteiger partial charge in [-0.15, -0.1) is 0 Å². The van der Waals surface area contributed by atoms with Crippen molar-refractivity contribution in [1.29, 1.82) is 0 Å². The molecule has 3 fully saturated rings. The number of hydrogen-bond donors (Lipinski definition) is 0. The summed E-state index contributed by atoms with van der Waals surface area (Å²) in [6.07, 6.45) is 9.33. The summed E-state index contributed by atoms with van der Waals surface area (Å²) < 4.78 is 5.50. The van der Waals surface area contributed by atoms with Crippen molar-refractivity contribution in [2.24, 2.45) is 11.8 Å². The molecule has 1 heterocycles. The molecule has 1 aliphatic heterocycles. The highest BCUT2D eigenvalue weighted by atomic mass is 16.6. The molecule has 3 aliphatic rings. The second-order valence-corrected chi connectivity index (χ2v) is 3.96. The van der Waals surface area contributed by atoms with Crippen LogP contribution in [-0.2, 0) is 4.74 Å². The molecule has 0 amide bonds. The lowest BCUT2D eigenvalue weighted by Crippen LogP contribution is -2.19. The zero-order valence-corrected chi connectivity index (χ0v) is 6.12. The average molecular weight is 137 g/mol. The molecule has 4 atom stereocenters. The first kappa shape index (κ1) is 5.59. The molecule has 55 valence electrons. The quantitative estimate of drug-likeness (QED) is 0.464. The van der Waals surface area contributed by atoms with E-state index in [1.54, 1.807) is 0 Å². The SMILES string of the molecule is [CH]1CC2CC3OC3CC2C1. The van der Waals surface area contributed by atoms with E-state index in [0.717, 1.165) is 11.8 Å². The first-order valence-corrected chi connectivity index (χ1v) is 4.40. The topological polar surface area (TPSA) is 12.5 Å². The Hall–Kier alpha value is -0.0400. The van der Waals surface area contributed by atoms with Crippen LogP contribution in [0.25, 0.3) is 0 Å². The summed E-state index contributed by atoms with van der Waals surface area (Å²) >= 11 is 0. The standard InChI is InChI=1S/C9H13O/c1-2-6-4-8-9(10-8)5-7(6)3-1/h1,6-9H,2-5H2. The minimum absolute atomic E-state index is 0.688. The first-order valence-electron chi connectivity index (χ1n) is 4.40. The maximum absolute atomic E-state index is 5.50. The van der Waals surface area contributed by atoms with E-state index < -0.39 is 0 Å². The lowest BCUT2D eigenvalue weighted by atomic mass is 9.82. The molecular formula is C9H13O. The average Bonchev–Trinajstić information content (AvgIpc) is 2.52. The van der Waals surface area contributed by atoms with E-state index in [4.69, 9.17) is 4.74 Å². The van der Waals surface area contributed by atoms with Crippen LogP contribution in [0, 0.1) is 18.3 Å². The number of hydrogen-bond acceptors (Lipinski definition) is 1. The Bertz CT molecular complexity index is 139. The van der Waals surface area contributed by atoms with Crippen LogP contribution >= 0.6 is 0 Å². The van der Waals surface area contributed by atoms with E-state index in [9.17, 15) is 0 Å². The van der Waals surface area contributed by atoms with Gasteiger partial charge in [0, 0.05) is 0 Å². The molecule has 3 rings (SSSR count). The van der Waals surface area contributed by atoms with Gasteiger partial charge in [-0.3, -0.25) is 0 Å². The lowest BCUT2D eigenvalue weighted by Gasteiger charge is -2.21. The maximum atomic E-state index is 5.50. The van der Waals surface area contributed by atoms with Gasteiger partial charge in [0.2, 0.25) is 0 Å². The van der Waals surface area contributed by atoms with Crippen LogP contribution < -0.4 is 0 Å². The largest absolute Gasteiger partial charge is 0.370 e. The van der Waals surface area contributed by atoms with Gasteiger partial charge in [0.25, 0.3) is 0 Å². The molecule has 0 aromatic carbocycles. The molecule has 2 saturated carbocycles. The smallest absolute Gasteiger partial charge is 0.0844 e. The highest BCUT2D eigenvalue weighted by Gasteiger charge is 2.49. The summed E-state index contributed by atoms with van der Waals surface area (Å²) in [5, 5.41) is 0. The van der Waals surface area contributed by atoms with Crippen molar-refractivity contribution < 1.29 is 4.74 Å². The number of epoxide rings is 1. The molecule has 0 N–H and O–H groups in total. The Morgan fingerprint density at radius 2 is 1.60 bits per heavy atom. The third-order valence-corrected chi connectivity index (χ3v) is 3.36. The highest BCUT2D eigenvalue weighted by molar-refractivity contribution is 5.01. The van der Waals surface area contributed by atoms with Crippen LogP contribution in [0.2, 0.25) is 0 Å². The van der Waals surface area contributed by atoms with Gasteiger partial charge in [-0.2, -0.15) is 0 Å². The molecule has 1 nitrogen and oxygen atoms in total. The van der Waals surface area contributed by atoms with Crippen LogP contribution in [0.3, 0.4) is 0 Å². The van der Waals surface area contributed by atoms with E-state index in [0.29, 0.717) is 12.2 Å². The van der Waals surface area contributed by atoms with Gasteiger partial charge in [0.1, 0.15) is 0 Å². The summed E-state index contributed by atoms with van der Waals surface area (Å²) in [5.41, 5.74) is 0. The lowest BCUT2D eigenvalue weighted by molar-refractivity contribution is 0.309. The van der Waals surface area contributed by atoms with Crippen LogP contribution in [0.4, 0.5) is 0 Å². The van der Waals surface area contributed by atoms with Crippen molar-refractivity contribution in [2.45, 2.75) is 37.9 Å². The third kappa shape index (κ3) is 0.672. The molecule has 2 aliphatic carbocycles. The summed E-state index contributed by atoms with van der Waals surface area (Å²) in [6, 6.07) is 0. The van der Waals surface area contributed by atoms with Gasteiger partial charge in [0.15, 0.2) is 0 Å². The van der Waals surface area contributed by atoms with E-state index in [1.807, 2.05) is 0 Å². The minimum atomic E-state index is 0.688. The van der Waals surface area contributed by atoms with Crippen LogP contribution in [0.5, 0.6) is 0 Å². The summed E-state index contributed by atoms with van der Waals surface area (Å²) in [7, 11) is 0. The maximum Gasteiger partial charge on any atom is 0.0844 e. The van der Waals surface area contributed by atoms with Crippen LogP contribution in [-0.4, -0.2) is 12.2 Å². The molecule has 4 unspecified atom stereocenters. The zero-order chi connectivity index (χ0) is 6.55. The van der Waals surface area contributed by atoms with Crippen molar-refractivity contribution in [3.8, 4) is 0 Å². The number of fused-ring (bicyclic) bond motifs is 2. The molecule has 1 saturated heterocycles. The second-order valence-electron chi connectivity index (χ2n) is 3.96. The molecule has 0 bridgehead atoms. The minimum Gasteiger partial charge on any atom is -0.370 e. The Kier molecular flexibility index (Phi) is 0.984. The predicted molar refractivity (Wildman–Crippen MR) is 38.4 cm³/mol. The van der Waals surface area contributed by atoms with E-state index >= 15 is 0 Å². The second kappa shape index (κ2) is 1.76. The molecule has 0 aromatic rings. The fourth-order valence-electron chi connectivity index (χ4n) is 2.68. The van der Waals surface area contributed by atoms with Crippen molar-refractivity contribution in [3.63, 3.8) is 0 Å². The summed E-state index contributed by atoms with van der Waals surface area (Å²) in [5.74, 6) is 2.01. The molecule has 0 aromatic heterocycles. The normalized spacial score (nSPS) is 57.6. The van der Waals surface area contributed by atoms with Gasteiger partial charge < -0.3 is 4.74 Å². The first-order chi connectivity index (χ1) is 4.93. The summed E-state index contributed by atoms with van der Waals surface area (Å²) in [6.45, 7) is 0. The van der Waals surface area contributed by atoms with E-state index in [1.165, 1.54) is 25.7 Å². The predicted octanol–water partition coefficient (Wildman–Crippen LogP) is 1.78. The van der Waals surface area contributed by atoms with Gasteiger partial charge in [-0.25, -0.2) is 0 Å². The zero-order valence-electron chi connectivity index (χ0n) is 6.12. The number of rotatable bonds is 0. The molecular weight excluding hydrogens is 124 g/mol. The fourth-order valence-corrected chi connectivity index (χ4v) is 2.68. The van der Waals surface area contributed by atoms with E-state index in [-0.39, 0.29) is 0 Å². The van der Waals surface area contributed by atoms with Gasteiger partial charge in [-0.1, -0.05) is 0 Å². The van der Waals surface area contributed by atoms with Gasteiger partial charge in [-0.05, 0) is 43.9 Å². The van der Waals surface area contributed by atoms with E-state index in [2.05, 4.69) is 6.42 Å². The Morgan fingerprint density at radius 3 is 2.20 bits per heavy atom. The Morgan fingerprint density at radius 1 is 1.00 bits per heavy atom. The van der Waals surface area contributed by atoms with Gasteiger partial charge in [0.05, 0.1) is 12.2 Å². The third-order valence-electron chi connectivity index (χ3n) is 3.36. The molecule has 0 spiro atoms. The molecule has 1 radical (unpaired) electrons. The van der Waals surface area contributed by atoms with Crippen molar-refractivity contribution in [2.75, 3.05) is 0 Å². The Balaban J connectivity index is 1.78.